The summed E-state index contributed by atoms with van der Waals surface area (Å²) in [5, 5.41) is 0. The summed E-state index contributed by atoms with van der Waals surface area (Å²) in [6.07, 6.45) is 5.93. The number of nitrogens with one attached hydrogen (secondary N) is 1. The van der Waals surface area contributed by atoms with Gasteiger partial charge in [-0.15, -0.1) is 0 Å². The molecule has 1 rings (SSSR count). The summed E-state index contributed by atoms with van der Waals surface area (Å²) in [7, 11) is 1.73. The molecular weight excluding hydrogens is 180 g/mol. The predicted octanol–water partition coefficient (Wildman–Crippen LogP) is 0.814. The summed E-state index contributed by atoms with van der Waals surface area (Å²) >= 11 is 0. The van der Waals surface area contributed by atoms with Crippen LogP contribution in [0.25, 0.3) is 0 Å². The molecule has 0 radical (unpaired) electrons. The Morgan fingerprint density at radius 2 is 2.50 bits per heavy atom. The molecule has 1 aliphatic rings. The van der Waals surface area contributed by atoms with E-state index >= 15 is 0 Å². The van der Waals surface area contributed by atoms with Gasteiger partial charge in [0.2, 0.25) is 0 Å². The summed E-state index contributed by atoms with van der Waals surface area (Å²) in [6, 6.07) is 0.369. The average molecular weight is 202 g/mol. The quantitative estimate of drug-likeness (QED) is 0.364. The van der Waals surface area contributed by atoms with Gasteiger partial charge in [0.15, 0.2) is 0 Å². The van der Waals surface area contributed by atoms with E-state index < -0.39 is 0 Å². The van der Waals surface area contributed by atoms with E-state index in [2.05, 4.69) is 5.43 Å². The van der Waals surface area contributed by atoms with Crippen LogP contribution in [0.5, 0.6) is 0 Å². The highest BCUT2D eigenvalue weighted by atomic mass is 16.5. The first-order valence-electron chi connectivity index (χ1n) is 5.43. The maximum absolute atomic E-state index is 5.56. The smallest absolute Gasteiger partial charge is 0.0591 e. The van der Waals surface area contributed by atoms with Crippen molar-refractivity contribution in [2.75, 3.05) is 20.3 Å². The van der Waals surface area contributed by atoms with Crippen LogP contribution in [0.3, 0.4) is 0 Å². The van der Waals surface area contributed by atoms with Crippen molar-refractivity contribution in [1.82, 2.24) is 5.43 Å². The molecule has 0 aromatic carbocycles. The molecule has 1 aliphatic heterocycles. The summed E-state index contributed by atoms with van der Waals surface area (Å²) < 4.78 is 10.6. The van der Waals surface area contributed by atoms with E-state index in [0.717, 1.165) is 32.5 Å². The van der Waals surface area contributed by atoms with Crippen LogP contribution >= 0.6 is 0 Å². The van der Waals surface area contributed by atoms with E-state index in [9.17, 15) is 0 Å². The molecule has 0 bridgehead atoms. The highest BCUT2D eigenvalue weighted by molar-refractivity contribution is 4.73. The molecule has 4 heteroatoms. The van der Waals surface area contributed by atoms with Gasteiger partial charge in [-0.25, -0.2) is 0 Å². The van der Waals surface area contributed by atoms with Crippen LogP contribution in [0.1, 0.15) is 32.1 Å². The van der Waals surface area contributed by atoms with Gasteiger partial charge in [0.1, 0.15) is 0 Å². The largest absolute Gasteiger partial charge is 0.385 e. The molecule has 2 atom stereocenters. The van der Waals surface area contributed by atoms with Crippen LogP contribution in [-0.2, 0) is 9.47 Å². The van der Waals surface area contributed by atoms with Gasteiger partial charge < -0.3 is 9.47 Å². The van der Waals surface area contributed by atoms with Gasteiger partial charge in [0, 0.05) is 26.4 Å². The first-order valence-corrected chi connectivity index (χ1v) is 5.43. The second kappa shape index (κ2) is 7.17. The number of nitrogens with two attached hydrogens (primary N) is 1. The lowest BCUT2D eigenvalue weighted by molar-refractivity contribution is 0.0918. The SMILES string of the molecule is COCCCC(CC1CCCO1)NN. The number of rotatable bonds is 7. The van der Waals surface area contributed by atoms with Gasteiger partial charge in [-0.05, 0) is 32.1 Å². The summed E-state index contributed by atoms with van der Waals surface area (Å²) in [5.41, 5.74) is 2.85. The Hall–Kier alpha value is -0.160. The molecule has 0 aliphatic carbocycles. The minimum Gasteiger partial charge on any atom is -0.385 e. The Morgan fingerprint density at radius 1 is 1.64 bits per heavy atom. The average Bonchev–Trinajstić information content (AvgIpc) is 2.69. The fourth-order valence-corrected chi connectivity index (χ4v) is 1.89. The van der Waals surface area contributed by atoms with Crippen molar-refractivity contribution in [1.29, 1.82) is 0 Å². The Balaban J connectivity index is 2.10. The van der Waals surface area contributed by atoms with Crippen LogP contribution in [0.4, 0.5) is 0 Å². The zero-order chi connectivity index (χ0) is 10.2. The lowest BCUT2D eigenvalue weighted by atomic mass is 10.0. The highest BCUT2D eigenvalue weighted by Crippen LogP contribution is 2.18. The maximum Gasteiger partial charge on any atom is 0.0591 e. The Morgan fingerprint density at radius 3 is 3.07 bits per heavy atom. The lowest BCUT2D eigenvalue weighted by Gasteiger charge is -2.19. The van der Waals surface area contributed by atoms with Crippen LogP contribution in [0.15, 0.2) is 0 Å². The van der Waals surface area contributed by atoms with E-state index in [4.69, 9.17) is 15.3 Å². The van der Waals surface area contributed by atoms with Crippen molar-refractivity contribution >= 4 is 0 Å². The normalized spacial score (nSPS) is 24.0. The second-order valence-electron chi connectivity index (χ2n) is 3.87. The van der Waals surface area contributed by atoms with Gasteiger partial charge in [0.25, 0.3) is 0 Å². The van der Waals surface area contributed by atoms with Gasteiger partial charge in [-0.3, -0.25) is 11.3 Å². The van der Waals surface area contributed by atoms with Crippen LogP contribution < -0.4 is 11.3 Å². The molecule has 84 valence electrons. The number of hydrogen-bond acceptors (Lipinski definition) is 4. The monoisotopic (exact) mass is 202 g/mol. The van der Waals surface area contributed by atoms with Gasteiger partial charge >= 0.3 is 0 Å². The minimum atomic E-state index is 0.369. The second-order valence-corrected chi connectivity index (χ2v) is 3.87. The third kappa shape index (κ3) is 4.37. The van der Waals surface area contributed by atoms with Crippen molar-refractivity contribution in [2.45, 2.75) is 44.2 Å². The molecule has 2 unspecified atom stereocenters. The maximum atomic E-state index is 5.56. The van der Waals surface area contributed by atoms with E-state index in [-0.39, 0.29) is 0 Å². The Bertz CT molecular complexity index is 138. The molecule has 0 spiro atoms. The van der Waals surface area contributed by atoms with Crippen molar-refractivity contribution in [3.05, 3.63) is 0 Å². The predicted molar refractivity (Wildman–Crippen MR) is 55.8 cm³/mol. The molecule has 4 nitrogen and oxygen atoms in total. The lowest BCUT2D eigenvalue weighted by Crippen LogP contribution is -2.37. The first kappa shape index (κ1) is 11.9. The van der Waals surface area contributed by atoms with Crippen LogP contribution in [0.2, 0.25) is 0 Å². The molecule has 0 amide bonds. The van der Waals surface area contributed by atoms with Crippen molar-refractivity contribution in [3.8, 4) is 0 Å². The third-order valence-corrected chi connectivity index (χ3v) is 2.71. The van der Waals surface area contributed by atoms with Crippen LogP contribution in [0, 0.1) is 0 Å². The fourth-order valence-electron chi connectivity index (χ4n) is 1.89. The Kier molecular flexibility index (Phi) is 6.10. The molecular formula is C10H22N2O2. The molecule has 0 aromatic rings. The van der Waals surface area contributed by atoms with Gasteiger partial charge in [-0.2, -0.15) is 0 Å². The van der Waals surface area contributed by atoms with E-state index in [1.54, 1.807) is 7.11 Å². The number of methoxy groups -OCH3 is 1. The molecule has 1 fully saturated rings. The molecule has 3 N–H and O–H groups in total. The first-order chi connectivity index (χ1) is 6.86. The molecule has 0 aromatic heterocycles. The number of hydrazine groups is 1. The van der Waals surface area contributed by atoms with Crippen molar-refractivity contribution in [2.24, 2.45) is 5.84 Å². The standard InChI is InChI=1S/C10H22N2O2/c1-13-6-2-4-9(12-11)8-10-5-3-7-14-10/h9-10,12H,2-8,11H2,1H3. The Labute approximate surface area is 86.1 Å². The van der Waals surface area contributed by atoms with E-state index in [0.29, 0.717) is 12.1 Å². The fraction of sp³-hybridized carbons (Fsp3) is 1.00. The molecule has 0 saturated carbocycles. The zero-order valence-corrected chi connectivity index (χ0v) is 9.00. The zero-order valence-electron chi connectivity index (χ0n) is 9.00. The summed E-state index contributed by atoms with van der Waals surface area (Å²) in [5.74, 6) is 5.49. The molecule has 14 heavy (non-hydrogen) atoms. The van der Waals surface area contributed by atoms with Crippen molar-refractivity contribution in [3.63, 3.8) is 0 Å². The van der Waals surface area contributed by atoms with Crippen molar-refractivity contribution < 1.29 is 9.47 Å². The summed E-state index contributed by atoms with van der Waals surface area (Å²) in [6.45, 7) is 1.73. The highest BCUT2D eigenvalue weighted by Gasteiger charge is 2.19. The van der Waals surface area contributed by atoms with E-state index in [1.165, 1.54) is 12.8 Å². The number of ether oxygens (including phenoxy) is 2. The van der Waals surface area contributed by atoms with Gasteiger partial charge in [-0.1, -0.05) is 0 Å². The topological polar surface area (TPSA) is 56.5 Å². The van der Waals surface area contributed by atoms with Gasteiger partial charge in [0.05, 0.1) is 6.10 Å². The molecule has 1 heterocycles. The van der Waals surface area contributed by atoms with Crippen LogP contribution in [-0.4, -0.2) is 32.5 Å². The molecule has 1 saturated heterocycles. The minimum absolute atomic E-state index is 0.369. The third-order valence-electron chi connectivity index (χ3n) is 2.71. The van der Waals surface area contributed by atoms with E-state index in [1.807, 2.05) is 0 Å². The summed E-state index contributed by atoms with van der Waals surface area (Å²) in [4.78, 5) is 0. The number of hydrogen-bond donors (Lipinski definition) is 2.